The Balaban J connectivity index is 2.74. The Bertz CT molecular complexity index is 281. The third kappa shape index (κ3) is 3.04. The molecular weight excluding hydrogens is 174 g/mol. The zero-order valence-corrected chi connectivity index (χ0v) is 9.16. The van der Waals surface area contributed by atoms with Crippen LogP contribution in [-0.4, -0.2) is 12.6 Å². The summed E-state index contributed by atoms with van der Waals surface area (Å²) in [5.41, 5.74) is 6.89. The molecule has 0 aliphatic carbocycles. The quantitative estimate of drug-likeness (QED) is 0.797. The van der Waals surface area contributed by atoms with Crippen molar-refractivity contribution in [1.29, 1.82) is 0 Å². The molecule has 1 atom stereocenters. The molecule has 0 saturated carbocycles. The monoisotopic (exact) mass is 193 g/mol. The summed E-state index contributed by atoms with van der Waals surface area (Å²) in [6, 6.07) is 8.20. The lowest BCUT2D eigenvalue weighted by Gasteiger charge is -2.14. The lowest BCUT2D eigenvalue weighted by atomic mass is 10.0. The molecule has 0 aromatic heterocycles. The summed E-state index contributed by atoms with van der Waals surface area (Å²) in [5, 5.41) is 0. The molecule has 1 aromatic carbocycles. The Morgan fingerprint density at radius 1 is 1.21 bits per heavy atom. The number of rotatable bonds is 4. The third-order valence-electron chi connectivity index (χ3n) is 2.04. The molecule has 0 amide bonds. The van der Waals surface area contributed by atoms with E-state index in [1.54, 1.807) is 0 Å². The van der Waals surface area contributed by atoms with Crippen molar-refractivity contribution < 1.29 is 4.74 Å². The van der Waals surface area contributed by atoms with Crippen LogP contribution in [0.25, 0.3) is 0 Å². The van der Waals surface area contributed by atoms with Crippen LogP contribution in [0.1, 0.15) is 32.3 Å². The van der Waals surface area contributed by atoms with Crippen molar-refractivity contribution in [3.05, 3.63) is 29.8 Å². The molecule has 0 aliphatic heterocycles. The number of nitrogens with two attached hydrogens (primary N) is 1. The topological polar surface area (TPSA) is 35.2 Å². The van der Waals surface area contributed by atoms with Gasteiger partial charge in [0.1, 0.15) is 12.4 Å². The predicted octanol–water partition coefficient (Wildman–Crippen LogP) is 2.54. The predicted molar refractivity (Wildman–Crippen MR) is 59.7 cm³/mol. The molecule has 0 heterocycles. The van der Waals surface area contributed by atoms with E-state index in [0.717, 1.165) is 5.75 Å². The molecule has 0 bridgehead atoms. The summed E-state index contributed by atoms with van der Waals surface area (Å²) in [6.07, 6.45) is 0. The Labute approximate surface area is 86.1 Å². The van der Waals surface area contributed by atoms with Crippen LogP contribution in [0.5, 0.6) is 5.75 Å². The van der Waals surface area contributed by atoms with Crippen molar-refractivity contribution >= 4 is 0 Å². The first-order valence-corrected chi connectivity index (χ1v) is 5.08. The number of ether oxygens (including phenoxy) is 1. The summed E-state index contributed by atoms with van der Waals surface area (Å²) in [6.45, 7) is 6.84. The van der Waals surface area contributed by atoms with Crippen LogP contribution < -0.4 is 10.5 Å². The Morgan fingerprint density at radius 2 is 1.86 bits per heavy atom. The van der Waals surface area contributed by atoms with Crippen molar-refractivity contribution in [1.82, 2.24) is 0 Å². The minimum atomic E-state index is 0.0789. The molecule has 2 nitrogen and oxygen atoms in total. The zero-order chi connectivity index (χ0) is 10.6. The Kier molecular flexibility index (Phi) is 3.96. The molecule has 0 radical (unpaired) electrons. The van der Waals surface area contributed by atoms with E-state index in [4.69, 9.17) is 10.5 Å². The second-order valence-electron chi connectivity index (χ2n) is 3.98. The summed E-state index contributed by atoms with van der Waals surface area (Å²) < 4.78 is 5.63. The molecule has 2 N–H and O–H groups in total. The Morgan fingerprint density at radius 3 is 2.43 bits per heavy atom. The van der Waals surface area contributed by atoms with Crippen molar-refractivity contribution in [2.45, 2.75) is 32.7 Å². The average molecular weight is 193 g/mol. The SMILES string of the molecule is CC(C)c1ccccc1OC[C@H](C)N. The van der Waals surface area contributed by atoms with Gasteiger partial charge in [0, 0.05) is 6.04 Å². The minimum absolute atomic E-state index is 0.0789. The van der Waals surface area contributed by atoms with E-state index in [0.29, 0.717) is 12.5 Å². The third-order valence-corrected chi connectivity index (χ3v) is 2.04. The summed E-state index contributed by atoms with van der Waals surface area (Å²) in [5.74, 6) is 1.44. The van der Waals surface area contributed by atoms with Gasteiger partial charge in [-0.15, -0.1) is 0 Å². The van der Waals surface area contributed by atoms with Gasteiger partial charge in [-0.1, -0.05) is 32.0 Å². The van der Waals surface area contributed by atoms with Gasteiger partial charge in [-0.3, -0.25) is 0 Å². The van der Waals surface area contributed by atoms with Gasteiger partial charge in [-0.2, -0.15) is 0 Å². The first-order valence-electron chi connectivity index (χ1n) is 5.08. The summed E-state index contributed by atoms with van der Waals surface area (Å²) in [7, 11) is 0. The van der Waals surface area contributed by atoms with E-state index < -0.39 is 0 Å². The van der Waals surface area contributed by atoms with Crippen LogP contribution in [0.3, 0.4) is 0 Å². The van der Waals surface area contributed by atoms with Crippen molar-refractivity contribution in [2.24, 2.45) is 5.73 Å². The number of hydrogen-bond acceptors (Lipinski definition) is 2. The van der Waals surface area contributed by atoms with Crippen LogP contribution in [0.2, 0.25) is 0 Å². The molecular formula is C12H19NO. The molecule has 78 valence electrons. The molecule has 1 aromatic rings. The lowest BCUT2D eigenvalue weighted by Crippen LogP contribution is -2.24. The van der Waals surface area contributed by atoms with Crippen LogP contribution in [0.4, 0.5) is 0 Å². The van der Waals surface area contributed by atoms with E-state index in [-0.39, 0.29) is 6.04 Å². The summed E-state index contributed by atoms with van der Waals surface area (Å²) >= 11 is 0. The highest BCUT2D eigenvalue weighted by molar-refractivity contribution is 5.35. The lowest BCUT2D eigenvalue weighted by molar-refractivity contribution is 0.292. The van der Waals surface area contributed by atoms with Gasteiger partial charge in [0.2, 0.25) is 0 Å². The molecule has 2 heteroatoms. The first-order chi connectivity index (χ1) is 6.61. The fourth-order valence-corrected chi connectivity index (χ4v) is 1.31. The van der Waals surface area contributed by atoms with Crippen molar-refractivity contribution in [3.8, 4) is 5.75 Å². The highest BCUT2D eigenvalue weighted by Gasteiger charge is 2.06. The maximum atomic E-state index is 5.64. The first kappa shape index (κ1) is 11.1. The number of para-hydroxylation sites is 1. The largest absolute Gasteiger partial charge is 0.492 e. The van der Waals surface area contributed by atoms with Gasteiger partial charge in [-0.05, 0) is 24.5 Å². The van der Waals surface area contributed by atoms with Gasteiger partial charge in [0.15, 0.2) is 0 Å². The van der Waals surface area contributed by atoms with Gasteiger partial charge < -0.3 is 10.5 Å². The van der Waals surface area contributed by atoms with Crippen LogP contribution in [-0.2, 0) is 0 Å². The van der Waals surface area contributed by atoms with E-state index >= 15 is 0 Å². The van der Waals surface area contributed by atoms with E-state index in [9.17, 15) is 0 Å². The highest BCUT2D eigenvalue weighted by Crippen LogP contribution is 2.25. The van der Waals surface area contributed by atoms with E-state index in [2.05, 4.69) is 19.9 Å². The van der Waals surface area contributed by atoms with E-state index in [1.807, 2.05) is 25.1 Å². The maximum Gasteiger partial charge on any atom is 0.122 e. The molecule has 0 aliphatic rings. The minimum Gasteiger partial charge on any atom is -0.492 e. The normalized spacial score (nSPS) is 12.9. The molecule has 0 fully saturated rings. The van der Waals surface area contributed by atoms with Gasteiger partial charge >= 0.3 is 0 Å². The smallest absolute Gasteiger partial charge is 0.122 e. The highest BCUT2D eigenvalue weighted by atomic mass is 16.5. The fourth-order valence-electron chi connectivity index (χ4n) is 1.31. The second kappa shape index (κ2) is 5.01. The fraction of sp³-hybridized carbons (Fsp3) is 0.500. The van der Waals surface area contributed by atoms with E-state index in [1.165, 1.54) is 5.56 Å². The molecule has 0 spiro atoms. The van der Waals surface area contributed by atoms with Gasteiger partial charge in [0.25, 0.3) is 0 Å². The van der Waals surface area contributed by atoms with Crippen LogP contribution >= 0.6 is 0 Å². The van der Waals surface area contributed by atoms with Crippen LogP contribution in [0, 0.1) is 0 Å². The Hall–Kier alpha value is -1.02. The standard InChI is InChI=1S/C12H19NO/c1-9(2)11-6-4-5-7-12(11)14-8-10(3)13/h4-7,9-10H,8,13H2,1-3H3/t10-/m0/s1. The zero-order valence-electron chi connectivity index (χ0n) is 9.16. The molecule has 1 rings (SSSR count). The van der Waals surface area contributed by atoms with Crippen molar-refractivity contribution in [2.75, 3.05) is 6.61 Å². The van der Waals surface area contributed by atoms with Gasteiger partial charge in [-0.25, -0.2) is 0 Å². The maximum absolute atomic E-state index is 5.64. The average Bonchev–Trinajstić information content (AvgIpc) is 2.15. The van der Waals surface area contributed by atoms with Gasteiger partial charge in [0.05, 0.1) is 0 Å². The molecule has 0 saturated heterocycles. The van der Waals surface area contributed by atoms with Crippen molar-refractivity contribution in [3.63, 3.8) is 0 Å². The second-order valence-corrected chi connectivity index (χ2v) is 3.98. The number of benzene rings is 1. The number of hydrogen-bond donors (Lipinski definition) is 1. The summed E-state index contributed by atoms with van der Waals surface area (Å²) in [4.78, 5) is 0. The molecule has 0 unspecified atom stereocenters. The van der Waals surface area contributed by atoms with Crippen LogP contribution in [0.15, 0.2) is 24.3 Å². The molecule has 14 heavy (non-hydrogen) atoms.